The van der Waals surface area contributed by atoms with Gasteiger partial charge in [-0.2, -0.15) is 0 Å². The minimum atomic E-state index is -1.52. The van der Waals surface area contributed by atoms with E-state index in [9.17, 15) is 4.21 Å². The highest BCUT2D eigenvalue weighted by atomic mass is 32.2. The molecule has 0 amide bonds. The SMILES string of the molecule is CCCC/C=C(/S(=O)c1ccccc1)[Si](C)(C)C. The van der Waals surface area contributed by atoms with Crippen LogP contribution in [0.25, 0.3) is 0 Å². The van der Waals surface area contributed by atoms with Crippen molar-refractivity contribution >= 4 is 18.9 Å². The quantitative estimate of drug-likeness (QED) is 0.543. The molecule has 1 unspecified atom stereocenters. The minimum absolute atomic E-state index is 0.933. The normalized spacial score (nSPS) is 14.6. The smallest absolute Gasteiger partial charge is 0.0891 e. The number of hydrogen-bond donors (Lipinski definition) is 0. The molecule has 0 saturated carbocycles. The lowest BCUT2D eigenvalue weighted by Crippen LogP contribution is -2.27. The van der Waals surface area contributed by atoms with Crippen molar-refractivity contribution in [3.63, 3.8) is 0 Å². The molecule has 0 heterocycles. The van der Waals surface area contributed by atoms with E-state index in [1.54, 1.807) is 0 Å². The van der Waals surface area contributed by atoms with Crippen LogP contribution in [-0.4, -0.2) is 12.3 Å². The molecule has 0 N–H and O–H groups in total. The predicted octanol–water partition coefficient (Wildman–Crippen LogP) is 4.75. The third-order valence-corrected chi connectivity index (χ3v) is 8.13. The fourth-order valence-corrected chi connectivity index (χ4v) is 6.03. The molecule has 0 aliphatic heterocycles. The van der Waals surface area contributed by atoms with Gasteiger partial charge in [0.25, 0.3) is 0 Å². The molecule has 0 aliphatic carbocycles. The second-order valence-corrected chi connectivity index (χ2v) is 12.4. The summed E-state index contributed by atoms with van der Waals surface area (Å²) in [6.45, 7) is 9.00. The number of rotatable bonds is 6. The summed E-state index contributed by atoms with van der Waals surface area (Å²) < 4.78 is 13.8. The molecule has 0 aromatic heterocycles. The summed E-state index contributed by atoms with van der Waals surface area (Å²) in [5, 5.41) is 0. The molecule has 1 atom stereocenters. The first-order valence-corrected chi connectivity index (χ1v) is 11.3. The maximum atomic E-state index is 12.7. The molecule has 1 nitrogen and oxygen atoms in total. The zero-order valence-electron chi connectivity index (χ0n) is 11.9. The number of unbranched alkanes of at least 4 members (excludes halogenated alkanes) is 2. The molecule has 0 fully saturated rings. The maximum Gasteiger partial charge on any atom is 0.0891 e. The van der Waals surface area contributed by atoms with Gasteiger partial charge in [0.1, 0.15) is 0 Å². The molecule has 3 heteroatoms. The Morgan fingerprint density at radius 2 is 1.83 bits per heavy atom. The van der Waals surface area contributed by atoms with Crippen LogP contribution in [0.3, 0.4) is 0 Å². The molecule has 1 aromatic carbocycles. The van der Waals surface area contributed by atoms with Gasteiger partial charge in [-0.1, -0.05) is 63.7 Å². The summed E-state index contributed by atoms with van der Waals surface area (Å²) in [6.07, 6.45) is 5.65. The van der Waals surface area contributed by atoms with E-state index in [0.717, 1.165) is 11.3 Å². The minimum Gasteiger partial charge on any atom is -0.250 e. The van der Waals surface area contributed by atoms with E-state index in [4.69, 9.17) is 0 Å². The summed E-state index contributed by atoms with van der Waals surface area (Å²) in [5.74, 6) is 0. The summed E-state index contributed by atoms with van der Waals surface area (Å²) in [5.41, 5.74) is 0. The molecule has 0 bridgehead atoms. The second kappa shape index (κ2) is 7.05. The lowest BCUT2D eigenvalue weighted by Gasteiger charge is -2.20. The zero-order valence-corrected chi connectivity index (χ0v) is 13.7. The van der Waals surface area contributed by atoms with Crippen LogP contribution < -0.4 is 0 Å². The van der Waals surface area contributed by atoms with Crippen molar-refractivity contribution in [2.24, 2.45) is 0 Å². The van der Waals surface area contributed by atoms with Crippen molar-refractivity contribution in [2.75, 3.05) is 0 Å². The fraction of sp³-hybridized carbons (Fsp3) is 0.467. The zero-order chi connectivity index (χ0) is 13.6. The van der Waals surface area contributed by atoms with Gasteiger partial charge >= 0.3 is 0 Å². The average Bonchev–Trinajstić information content (AvgIpc) is 2.33. The van der Waals surface area contributed by atoms with Gasteiger partial charge in [-0.15, -0.1) is 0 Å². The van der Waals surface area contributed by atoms with Gasteiger partial charge in [0.05, 0.1) is 18.9 Å². The van der Waals surface area contributed by atoms with Gasteiger partial charge in [0.15, 0.2) is 0 Å². The Bertz CT molecular complexity index is 418. The summed E-state index contributed by atoms with van der Waals surface area (Å²) in [6, 6.07) is 9.81. The third kappa shape index (κ3) is 4.54. The van der Waals surface area contributed by atoms with Crippen LogP contribution >= 0.6 is 0 Å². The standard InChI is InChI=1S/C15H24OSSi/c1-5-6-8-13-15(18(2,3)4)17(16)14-11-9-7-10-12-14/h7,9-13H,5-6,8H2,1-4H3/b15-13-. The first-order chi connectivity index (χ1) is 8.46. The van der Waals surface area contributed by atoms with Gasteiger partial charge < -0.3 is 0 Å². The Morgan fingerprint density at radius 1 is 1.22 bits per heavy atom. The summed E-state index contributed by atoms with van der Waals surface area (Å²) in [4.78, 5) is 0.933. The molecular weight excluding hydrogens is 256 g/mol. The van der Waals surface area contributed by atoms with Crippen LogP contribution in [0.15, 0.2) is 45.8 Å². The number of benzene rings is 1. The van der Waals surface area contributed by atoms with Gasteiger partial charge in [-0.05, 0) is 18.6 Å². The van der Waals surface area contributed by atoms with Crippen LogP contribution in [0.1, 0.15) is 26.2 Å². The van der Waals surface area contributed by atoms with Crippen LogP contribution in [-0.2, 0) is 10.8 Å². The van der Waals surface area contributed by atoms with Gasteiger partial charge in [-0.3, -0.25) is 0 Å². The molecule has 18 heavy (non-hydrogen) atoms. The van der Waals surface area contributed by atoms with Gasteiger partial charge in [0.2, 0.25) is 0 Å². The topological polar surface area (TPSA) is 17.1 Å². The molecule has 100 valence electrons. The van der Waals surface area contributed by atoms with E-state index >= 15 is 0 Å². The van der Waals surface area contributed by atoms with Crippen molar-refractivity contribution in [1.29, 1.82) is 0 Å². The fourth-order valence-electron chi connectivity index (χ4n) is 1.77. The van der Waals surface area contributed by atoms with Crippen molar-refractivity contribution in [1.82, 2.24) is 0 Å². The van der Waals surface area contributed by atoms with E-state index in [0.29, 0.717) is 0 Å². The Hall–Kier alpha value is -0.673. The van der Waals surface area contributed by atoms with Gasteiger partial charge in [0, 0.05) is 9.42 Å². The number of hydrogen-bond acceptors (Lipinski definition) is 1. The van der Waals surface area contributed by atoms with E-state index in [2.05, 4.69) is 32.6 Å². The highest BCUT2D eigenvalue weighted by Gasteiger charge is 2.25. The Labute approximate surface area is 115 Å². The summed E-state index contributed by atoms with van der Waals surface area (Å²) >= 11 is 0. The molecule has 0 radical (unpaired) electrons. The van der Waals surface area contributed by atoms with Crippen molar-refractivity contribution < 1.29 is 4.21 Å². The Balaban J connectivity index is 2.98. The van der Waals surface area contributed by atoms with Crippen molar-refractivity contribution in [2.45, 2.75) is 50.7 Å². The van der Waals surface area contributed by atoms with Crippen LogP contribution in [0.5, 0.6) is 0 Å². The predicted molar refractivity (Wildman–Crippen MR) is 83.8 cm³/mol. The second-order valence-electron chi connectivity index (χ2n) is 5.54. The van der Waals surface area contributed by atoms with Crippen molar-refractivity contribution in [3.05, 3.63) is 40.9 Å². The van der Waals surface area contributed by atoms with E-state index < -0.39 is 18.9 Å². The van der Waals surface area contributed by atoms with Crippen molar-refractivity contribution in [3.8, 4) is 0 Å². The molecule has 1 aromatic rings. The van der Waals surface area contributed by atoms with Gasteiger partial charge in [-0.25, -0.2) is 4.21 Å². The lowest BCUT2D eigenvalue weighted by molar-refractivity contribution is 0.687. The highest BCUT2D eigenvalue weighted by molar-refractivity contribution is 7.91. The van der Waals surface area contributed by atoms with E-state index in [-0.39, 0.29) is 0 Å². The van der Waals surface area contributed by atoms with E-state index in [1.165, 1.54) is 17.4 Å². The van der Waals surface area contributed by atoms with Crippen LogP contribution in [0.4, 0.5) is 0 Å². The Morgan fingerprint density at radius 3 is 2.33 bits per heavy atom. The molecule has 0 saturated heterocycles. The molecule has 0 aliphatic rings. The average molecular weight is 281 g/mol. The first-order valence-electron chi connectivity index (χ1n) is 6.64. The van der Waals surface area contributed by atoms with Crippen LogP contribution in [0.2, 0.25) is 19.6 Å². The largest absolute Gasteiger partial charge is 0.250 e. The molecular formula is C15H24OSSi. The maximum absolute atomic E-state index is 12.7. The molecule has 1 rings (SSSR count). The van der Waals surface area contributed by atoms with Crippen LogP contribution in [0, 0.1) is 0 Å². The van der Waals surface area contributed by atoms with E-state index in [1.807, 2.05) is 30.3 Å². The number of allylic oxidation sites excluding steroid dienone is 1. The lowest BCUT2D eigenvalue weighted by atomic mass is 10.2. The first kappa shape index (κ1) is 15.4. The Kier molecular flexibility index (Phi) is 6.02. The summed E-state index contributed by atoms with van der Waals surface area (Å²) in [7, 11) is -2.49. The monoisotopic (exact) mass is 280 g/mol. The highest BCUT2D eigenvalue weighted by Crippen LogP contribution is 2.24. The third-order valence-electron chi connectivity index (χ3n) is 2.78. The molecule has 0 spiro atoms.